The lowest BCUT2D eigenvalue weighted by Gasteiger charge is -2.25. The number of ether oxygens (including phenoxy) is 4. The number of fused-ring (bicyclic) bond motifs is 2. The molecule has 0 bridgehead atoms. The van der Waals surface area contributed by atoms with Crippen LogP contribution in [0.15, 0.2) is 65.2 Å². The van der Waals surface area contributed by atoms with Crippen molar-refractivity contribution in [1.82, 2.24) is 0 Å². The van der Waals surface area contributed by atoms with Gasteiger partial charge in [-0.15, -0.1) is 0 Å². The summed E-state index contributed by atoms with van der Waals surface area (Å²) in [6.07, 6.45) is 4.89. The lowest BCUT2D eigenvalue weighted by Crippen LogP contribution is -2.18. The quantitative estimate of drug-likeness (QED) is 0.461. The fourth-order valence-electron chi connectivity index (χ4n) is 4.81. The topological polar surface area (TPSA) is 49.3 Å². The maximum atomic E-state index is 6.06. The minimum Gasteiger partial charge on any atom is -0.493 e. The monoisotopic (exact) mass is 455 g/mol. The summed E-state index contributed by atoms with van der Waals surface area (Å²) in [5.41, 5.74) is 8.19. The first-order valence-corrected chi connectivity index (χ1v) is 11.6. The zero-order valence-corrected chi connectivity index (χ0v) is 19.9. The van der Waals surface area contributed by atoms with Crippen LogP contribution < -0.4 is 18.9 Å². The molecule has 1 aliphatic carbocycles. The number of benzene rings is 3. The van der Waals surface area contributed by atoms with Crippen molar-refractivity contribution in [3.63, 3.8) is 0 Å². The van der Waals surface area contributed by atoms with Crippen molar-refractivity contribution >= 4 is 11.8 Å². The third-order valence-electron chi connectivity index (χ3n) is 6.48. The van der Waals surface area contributed by atoms with Gasteiger partial charge in [-0.1, -0.05) is 30.3 Å². The minimum absolute atomic E-state index is 0.565. The molecule has 2 aliphatic rings. The van der Waals surface area contributed by atoms with E-state index in [1.165, 1.54) is 16.7 Å². The van der Waals surface area contributed by atoms with Gasteiger partial charge in [0.05, 0.1) is 27.0 Å². The molecule has 3 aromatic rings. The first-order chi connectivity index (χ1) is 16.7. The van der Waals surface area contributed by atoms with E-state index in [0.717, 1.165) is 59.7 Å². The van der Waals surface area contributed by atoms with Crippen LogP contribution in [0, 0.1) is 0 Å². The Bertz CT molecular complexity index is 1260. The normalized spacial score (nSPS) is 14.3. The van der Waals surface area contributed by atoms with E-state index in [2.05, 4.69) is 36.4 Å². The highest BCUT2D eigenvalue weighted by Crippen LogP contribution is 2.45. The molecule has 0 radical (unpaired) electrons. The second-order valence-corrected chi connectivity index (χ2v) is 8.46. The fraction of sp³-hybridized carbons (Fsp3) is 0.276. The molecule has 5 rings (SSSR count). The van der Waals surface area contributed by atoms with Crippen LogP contribution in [0.4, 0.5) is 0 Å². The van der Waals surface area contributed by atoms with E-state index in [-0.39, 0.29) is 0 Å². The molecule has 1 heterocycles. The largest absolute Gasteiger partial charge is 0.493 e. The predicted octanol–water partition coefficient (Wildman–Crippen LogP) is 5.67. The van der Waals surface area contributed by atoms with Crippen LogP contribution in [0.5, 0.6) is 23.0 Å². The van der Waals surface area contributed by atoms with Crippen molar-refractivity contribution in [3.8, 4) is 23.0 Å². The Labute approximate surface area is 200 Å². The fourth-order valence-corrected chi connectivity index (χ4v) is 4.81. The highest BCUT2D eigenvalue weighted by atomic mass is 16.5. The van der Waals surface area contributed by atoms with Crippen molar-refractivity contribution in [2.45, 2.75) is 25.9 Å². The van der Waals surface area contributed by atoms with E-state index in [0.29, 0.717) is 18.1 Å². The molecule has 0 spiro atoms. The Balaban J connectivity index is 1.44. The minimum atomic E-state index is 0.565. The number of hydrogen-bond donors (Lipinski definition) is 0. The number of allylic oxidation sites excluding steroid dienone is 1. The summed E-state index contributed by atoms with van der Waals surface area (Å²) in [5, 5.41) is 0. The van der Waals surface area contributed by atoms with Gasteiger partial charge in [-0.25, -0.2) is 0 Å². The molecule has 0 unspecified atom stereocenters. The number of methoxy groups -OCH3 is 3. The molecule has 0 amide bonds. The van der Waals surface area contributed by atoms with Crippen molar-refractivity contribution in [3.05, 3.63) is 88.0 Å². The molecule has 3 aromatic carbocycles. The Morgan fingerprint density at radius 3 is 2.41 bits per heavy atom. The smallest absolute Gasteiger partial charge is 0.203 e. The summed E-state index contributed by atoms with van der Waals surface area (Å²) in [6.45, 7) is 1.35. The van der Waals surface area contributed by atoms with Crippen LogP contribution >= 0.6 is 0 Å². The van der Waals surface area contributed by atoms with Gasteiger partial charge in [0.2, 0.25) is 5.75 Å². The van der Waals surface area contributed by atoms with E-state index in [9.17, 15) is 0 Å². The van der Waals surface area contributed by atoms with Crippen molar-refractivity contribution < 1.29 is 18.9 Å². The van der Waals surface area contributed by atoms with Crippen LogP contribution in [0.2, 0.25) is 0 Å². The van der Waals surface area contributed by atoms with Crippen LogP contribution in [0.25, 0.3) is 6.08 Å². The maximum absolute atomic E-state index is 6.06. The molecular weight excluding hydrogens is 426 g/mol. The summed E-state index contributed by atoms with van der Waals surface area (Å²) < 4.78 is 22.9. The van der Waals surface area contributed by atoms with Gasteiger partial charge in [-0.2, -0.15) is 0 Å². The summed E-state index contributed by atoms with van der Waals surface area (Å²) in [7, 11) is 4.97. The number of aliphatic imine (C=N–C) groups is 1. The van der Waals surface area contributed by atoms with Crippen LogP contribution in [0.1, 0.15) is 34.2 Å². The molecule has 0 atom stereocenters. The molecule has 0 saturated carbocycles. The van der Waals surface area contributed by atoms with Gasteiger partial charge in [-0.05, 0) is 71.9 Å². The Hall–Kier alpha value is -3.73. The first kappa shape index (κ1) is 22.1. The predicted molar refractivity (Wildman–Crippen MR) is 135 cm³/mol. The lowest BCUT2D eigenvalue weighted by atomic mass is 9.84. The van der Waals surface area contributed by atoms with Crippen LogP contribution in [-0.2, 0) is 19.4 Å². The van der Waals surface area contributed by atoms with Gasteiger partial charge in [0, 0.05) is 17.7 Å². The molecular formula is C29H29NO4. The second-order valence-electron chi connectivity index (χ2n) is 8.46. The molecule has 1 aliphatic heterocycles. The van der Waals surface area contributed by atoms with E-state index in [1.807, 2.05) is 24.3 Å². The van der Waals surface area contributed by atoms with Gasteiger partial charge in [0.15, 0.2) is 11.5 Å². The van der Waals surface area contributed by atoms with E-state index in [4.69, 9.17) is 23.9 Å². The van der Waals surface area contributed by atoms with Crippen LogP contribution in [-0.4, -0.2) is 33.6 Å². The molecule has 0 aromatic heterocycles. The van der Waals surface area contributed by atoms with Gasteiger partial charge >= 0.3 is 0 Å². The molecule has 34 heavy (non-hydrogen) atoms. The maximum Gasteiger partial charge on any atom is 0.203 e. The Kier molecular flexibility index (Phi) is 6.26. The van der Waals surface area contributed by atoms with Crippen LogP contribution in [0.3, 0.4) is 0 Å². The van der Waals surface area contributed by atoms with Gasteiger partial charge in [0.25, 0.3) is 0 Å². The Morgan fingerprint density at radius 1 is 0.824 bits per heavy atom. The van der Waals surface area contributed by atoms with Gasteiger partial charge < -0.3 is 18.9 Å². The van der Waals surface area contributed by atoms with E-state index in [1.54, 1.807) is 21.3 Å². The SMILES string of the molecule is COc1cc2c(c(OC)c1OC)CCC(C1=NCCc3cc(OCc4ccccc4)ccc31)=C2. The molecule has 0 saturated heterocycles. The van der Waals surface area contributed by atoms with Gasteiger partial charge in [0.1, 0.15) is 12.4 Å². The van der Waals surface area contributed by atoms with Crippen molar-refractivity contribution in [1.29, 1.82) is 0 Å². The summed E-state index contributed by atoms with van der Waals surface area (Å²) in [4.78, 5) is 4.93. The van der Waals surface area contributed by atoms with E-state index >= 15 is 0 Å². The third-order valence-corrected chi connectivity index (χ3v) is 6.48. The lowest BCUT2D eigenvalue weighted by molar-refractivity contribution is 0.306. The standard InChI is InChI=1S/C29H29NO4/c1-31-26-17-22-15-21(9-11-25(22)28(32-2)29(26)33-3)27-24-12-10-23(16-20(24)13-14-30-27)34-18-19-7-5-4-6-8-19/h4-8,10,12,15-17H,9,11,13-14,18H2,1-3H3. The average molecular weight is 456 g/mol. The summed E-state index contributed by atoms with van der Waals surface area (Å²) >= 11 is 0. The molecule has 0 N–H and O–H groups in total. The van der Waals surface area contributed by atoms with Gasteiger partial charge in [-0.3, -0.25) is 4.99 Å². The zero-order chi connectivity index (χ0) is 23.5. The first-order valence-electron chi connectivity index (χ1n) is 11.6. The van der Waals surface area contributed by atoms with Crippen molar-refractivity contribution in [2.24, 2.45) is 4.99 Å². The zero-order valence-electron chi connectivity index (χ0n) is 19.9. The highest BCUT2D eigenvalue weighted by Gasteiger charge is 2.26. The number of nitrogens with zero attached hydrogens (tertiary/aromatic N) is 1. The molecule has 0 fully saturated rings. The number of rotatable bonds is 7. The summed E-state index contributed by atoms with van der Waals surface area (Å²) in [5.74, 6) is 2.96. The molecule has 174 valence electrons. The number of hydrogen-bond acceptors (Lipinski definition) is 5. The van der Waals surface area contributed by atoms with Crippen molar-refractivity contribution in [2.75, 3.05) is 27.9 Å². The summed E-state index contributed by atoms with van der Waals surface area (Å²) in [6, 6.07) is 18.6. The highest BCUT2D eigenvalue weighted by molar-refractivity contribution is 6.16. The average Bonchev–Trinajstić information content (AvgIpc) is 2.90. The molecule has 5 heteroatoms. The third kappa shape index (κ3) is 4.14. The second kappa shape index (κ2) is 9.64. The molecule has 5 nitrogen and oxygen atoms in total. The van der Waals surface area contributed by atoms with E-state index < -0.39 is 0 Å². The Morgan fingerprint density at radius 2 is 1.65 bits per heavy atom.